The number of imide groups is 1. The lowest BCUT2D eigenvalue weighted by Crippen LogP contribution is -2.51. The molecule has 2 N–H and O–H groups in total. The number of urea groups is 1. The van der Waals surface area contributed by atoms with E-state index in [0.717, 1.165) is 0 Å². The zero-order valence-corrected chi connectivity index (χ0v) is 10.4. The Kier molecular flexibility index (Phi) is 5.53. The van der Waals surface area contributed by atoms with Gasteiger partial charge in [-0.05, 0) is 0 Å². The lowest BCUT2D eigenvalue weighted by atomic mass is 10.2. The fourth-order valence-electron chi connectivity index (χ4n) is 1.55. The van der Waals surface area contributed by atoms with Crippen LogP contribution in [0.4, 0.5) is 4.79 Å². The zero-order chi connectivity index (χ0) is 13.5. The van der Waals surface area contributed by atoms with Gasteiger partial charge in [0.15, 0.2) is 6.10 Å². The summed E-state index contributed by atoms with van der Waals surface area (Å²) >= 11 is 0. The second-order valence-corrected chi connectivity index (χ2v) is 3.75. The second kappa shape index (κ2) is 6.92. The van der Waals surface area contributed by atoms with Crippen molar-refractivity contribution in [2.24, 2.45) is 0 Å². The van der Waals surface area contributed by atoms with Crippen LogP contribution < -0.4 is 10.6 Å². The van der Waals surface area contributed by atoms with Gasteiger partial charge < -0.3 is 14.8 Å². The van der Waals surface area contributed by atoms with Crippen LogP contribution in [0.15, 0.2) is 0 Å². The Labute approximate surface area is 105 Å². The largest absolute Gasteiger partial charge is 0.467 e. The van der Waals surface area contributed by atoms with E-state index in [1.807, 2.05) is 0 Å². The quantitative estimate of drug-likeness (QED) is 0.587. The van der Waals surface area contributed by atoms with Crippen molar-refractivity contribution in [3.8, 4) is 0 Å². The highest BCUT2D eigenvalue weighted by molar-refractivity contribution is 5.95. The summed E-state index contributed by atoms with van der Waals surface area (Å²) in [5, 5.41) is 4.43. The van der Waals surface area contributed by atoms with E-state index in [1.54, 1.807) is 4.90 Å². The molecule has 1 atom stereocenters. The Morgan fingerprint density at radius 2 is 2.17 bits per heavy atom. The number of methoxy groups -OCH3 is 1. The van der Waals surface area contributed by atoms with E-state index in [2.05, 4.69) is 15.4 Å². The van der Waals surface area contributed by atoms with Crippen LogP contribution in [0, 0.1) is 0 Å². The summed E-state index contributed by atoms with van der Waals surface area (Å²) in [6, 6.07) is -0.558. The molecule has 8 nitrogen and oxygen atoms in total. The molecule has 0 spiro atoms. The Morgan fingerprint density at radius 1 is 1.44 bits per heavy atom. The Morgan fingerprint density at radius 3 is 2.78 bits per heavy atom. The van der Waals surface area contributed by atoms with Crippen LogP contribution in [0.1, 0.15) is 0 Å². The van der Waals surface area contributed by atoms with Gasteiger partial charge in [0.05, 0.1) is 20.3 Å². The zero-order valence-electron chi connectivity index (χ0n) is 10.4. The third-order valence-electron chi connectivity index (χ3n) is 2.46. The third kappa shape index (κ3) is 4.30. The summed E-state index contributed by atoms with van der Waals surface area (Å²) in [5.41, 5.74) is 0. The summed E-state index contributed by atoms with van der Waals surface area (Å²) < 4.78 is 9.79. The van der Waals surface area contributed by atoms with Gasteiger partial charge in [-0.25, -0.2) is 9.59 Å². The molecular weight excluding hydrogens is 242 g/mol. The predicted molar refractivity (Wildman–Crippen MR) is 60.8 cm³/mol. The normalized spacial score (nSPS) is 20.0. The fourth-order valence-corrected chi connectivity index (χ4v) is 1.55. The van der Waals surface area contributed by atoms with E-state index >= 15 is 0 Å². The SMILES string of the molecule is CNC(=O)NC(=O)CN1CCOC(C(=O)OC)C1. The average molecular weight is 259 g/mol. The van der Waals surface area contributed by atoms with E-state index in [-0.39, 0.29) is 13.1 Å². The molecule has 1 aliphatic rings. The standard InChI is InChI=1S/C10H17N3O5/c1-11-10(16)12-8(14)6-13-3-4-18-7(5-13)9(15)17-2/h7H,3-6H2,1-2H3,(H2,11,12,14,16). The molecule has 18 heavy (non-hydrogen) atoms. The molecule has 1 aliphatic heterocycles. The number of rotatable bonds is 3. The minimum Gasteiger partial charge on any atom is -0.467 e. The summed E-state index contributed by atoms with van der Waals surface area (Å²) in [5.74, 6) is -0.897. The summed E-state index contributed by atoms with van der Waals surface area (Å²) in [4.78, 5) is 35.4. The molecule has 0 radical (unpaired) electrons. The van der Waals surface area contributed by atoms with Gasteiger partial charge in [-0.2, -0.15) is 0 Å². The lowest BCUT2D eigenvalue weighted by Gasteiger charge is -2.30. The first kappa shape index (κ1) is 14.4. The van der Waals surface area contributed by atoms with Crippen molar-refractivity contribution in [1.29, 1.82) is 0 Å². The summed E-state index contributed by atoms with van der Waals surface area (Å²) in [7, 11) is 2.70. The first-order valence-electron chi connectivity index (χ1n) is 5.50. The van der Waals surface area contributed by atoms with Crippen molar-refractivity contribution < 1.29 is 23.9 Å². The molecule has 0 saturated carbocycles. The van der Waals surface area contributed by atoms with Crippen LogP contribution in [0.3, 0.4) is 0 Å². The number of carbonyl (C=O) groups excluding carboxylic acids is 3. The minimum absolute atomic E-state index is 0.0320. The molecule has 0 aliphatic carbocycles. The van der Waals surface area contributed by atoms with Gasteiger partial charge in [0, 0.05) is 20.1 Å². The van der Waals surface area contributed by atoms with E-state index in [9.17, 15) is 14.4 Å². The van der Waals surface area contributed by atoms with Gasteiger partial charge in [-0.15, -0.1) is 0 Å². The number of nitrogens with zero attached hydrogens (tertiary/aromatic N) is 1. The number of hydrogen-bond donors (Lipinski definition) is 2. The molecule has 0 aromatic rings. The maximum absolute atomic E-state index is 11.5. The molecule has 1 rings (SSSR count). The van der Waals surface area contributed by atoms with Crippen LogP contribution >= 0.6 is 0 Å². The van der Waals surface area contributed by atoms with E-state index in [0.29, 0.717) is 13.2 Å². The van der Waals surface area contributed by atoms with Crippen molar-refractivity contribution >= 4 is 17.9 Å². The topological polar surface area (TPSA) is 97.0 Å². The number of nitrogens with one attached hydrogen (secondary N) is 2. The van der Waals surface area contributed by atoms with Gasteiger partial charge in [-0.1, -0.05) is 0 Å². The van der Waals surface area contributed by atoms with Gasteiger partial charge in [-0.3, -0.25) is 15.0 Å². The minimum atomic E-state index is -0.684. The fraction of sp³-hybridized carbons (Fsp3) is 0.700. The number of esters is 1. The van der Waals surface area contributed by atoms with E-state index in [4.69, 9.17) is 4.74 Å². The smallest absolute Gasteiger partial charge is 0.336 e. The van der Waals surface area contributed by atoms with Crippen molar-refractivity contribution in [3.05, 3.63) is 0 Å². The molecule has 102 valence electrons. The highest BCUT2D eigenvalue weighted by Crippen LogP contribution is 2.06. The molecule has 1 unspecified atom stereocenters. The predicted octanol–water partition coefficient (Wildman–Crippen LogP) is -1.68. The molecule has 0 aromatic heterocycles. The van der Waals surface area contributed by atoms with Gasteiger partial charge >= 0.3 is 12.0 Å². The Balaban J connectivity index is 2.40. The number of carbonyl (C=O) groups is 3. The molecule has 1 heterocycles. The number of hydrogen-bond acceptors (Lipinski definition) is 6. The highest BCUT2D eigenvalue weighted by Gasteiger charge is 2.28. The van der Waals surface area contributed by atoms with Crippen molar-refractivity contribution in [1.82, 2.24) is 15.5 Å². The maximum atomic E-state index is 11.5. The Bertz CT molecular complexity index is 333. The van der Waals surface area contributed by atoms with Crippen molar-refractivity contribution in [3.63, 3.8) is 0 Å². The summed E-state index contributed by atoms with van der Waals surface area (Å²) in [6.07, 6.45) is -0.684. The lowest BCUT2D eigenvalue weighted by molar-refractivity contribution is -0.160. The van der Waals surface area contributed by atoms with Crippen LogP contribution in [-0.4, -0.2) is 69.3 Å². The second-order valence-electron chi connectivity index (χ2n) is 3.75. The van der Waals surface area contributed by atoms with Gasteiger partial charge in [0.25, 0.3) is 0 Å². The Hall–Kier alpha value is -1.67. The average Bonchev–Trinajstić information content (AvgIpc) is 2.37. The highest BCUT2D eigenvalue weighted by atomic mass is 16.6. The van der Waals surface area contributed by atoms with Crippen molar-refractivity contribution in [2.45, 2.75) is 6.10 Å². The third-order valence-corrected chi connectivity index (χ3v) is 2.46. The van der Waals surface area contributed by atoms with Crippen LogP contribution in [0.5, 0.6) is 0 Å². The van der Waals surface area contributed by atoms with Crippen LogP contribution in [-0.2, 0) is 19.1 Å². The summed E-state index contributed by atoms with van der Waals surface area (Å²) in [6.45, 7) is 1.17. The molecule has 0 aromatic carbocycles. The van der Waals surface area contributed by atoms with Crippen molar-refractivity contribution in [2.75, 3.05) is 40.4 Å². The monoisotopic (exact) mass is 259 g/mol. The molecule has 0 bridgehead atoms. The molecule has 8 heteroatoms. The number of ether oxygens (including phenoxy) is 2. The first-order chi connectivity index (χ1) is 8.56. The first-order valence-corrected chi connectivity index (χ1v) is 5.50. The molecular formula is C10H17N3O5. The van der Waals surface area contributed by atoms with Crippen LogP contribution in [0.25, 0.3) is 0 Å². The molecule has 1 saturated heterocycles. The number of morpholine rings is 1. The number of amides is 3. The maximum Gasteiger partial charge on any atom is 0.336 e. The van der Waals surface area contributed by atoms with Gasteiger partial charge in [0.2, 0.25) is 5.91 Å². The molecule has 1 fully saturated rings. The van der Waals surface area contributed by atoms with Crippen LogP contribution in [0.2, 0.25) is 0 Å². The van der Waals surface area contributed by atoms with E-state index in [1.165, 1.54) is 14.2 Å². The van der Waals surface area contributed by atoms with E-state index < -0.39 is 24.0 Å². The molecule has 3 amide bonds. The van der Waals surface area contributed by atoms with Gasteiger partial charge in [0.1, 0.15) is 0 Å².